The smallest absolute Gasteiger partial charge is 0.341 e. The highest BCUT2D eigenvalue weighted by Crippen LogP contribution is 2.06. The fourth-order valence-electron chi connectivity index (χ4n) is 1.19. The van der Waals surface area contributed by atoms with E-state index in [9.17, 15) is 9.59 Å². The molecule has 17 heavy (non-hydrogen) atoms. The van der Waals surface area contributed by atoms with Crippen LogP contribution >= 0.6 is 0 Å². The Kier molecular flexibility index (Phi) is 4.57. The summed E-state index contributed by atoms with van der Waals surface area (Å²) in [5.74, 6) is -1.00. The second kappa shape index (κ2) is 5.94. The first-order chi connectivity index (χ1) is 8.00. The number of pyridine rings is 1. The number of Topliss-reactive ketones (excluding diaryl/α,β-unsaturated/α-hetero) is 1. The Labute approximate surface area is 100 Å². The molecule has 0 aliphatic rings. The number of hydrogen-bond acceptors (Lipinski definition) is 4. The first kappa shape index (κ1) is 13.1. The van der Waals surface area contributed by atoms with E-state index in [-0.39, 0.29) is 23.9 Å². The molecule has 4 heteroatoms. The highest BCUT2D eigenvalue weighted by Gasteiger charge is 2.18. The number of nitrogens with zero attached hydrogens (tertiary/aromatic N) is 1. The average molecular weight is 233 g/mol. The molecule has 0 saturated carbocycles. The van der Waals surface area contributed by atoms with Crippen molar-refractivity contribution in [2.24, 2.45) is 0 Å². The van der Waals surface area contributed by atoms with Crippen molar-refractivity contribution >= 4 is 11.8 Å². The van der Waals surface area contributed by atoms with Gasteiger partial charge in [-0.2, -0.15) is 0 Å². The molecule has 0 unspecified atom stereocenters. The Bertz CT molecular complexity index is 424. The number of ether oxygens (including phenoxy) is 1. The summed E-state index contributed by atoms with van der Waals surface area (Å²) >= 11 is 0. The number of rotatable bonds is 5. The van der Waals surface area contributed by atoms with E-state index in [0.29, 0.717) is 0 Å². The van der Waals surface area contributed by atoms with Crippen LogP contribution in [0.15, 0.2) is 36.7 Å². The minimum absolute atomic E-state index is 0.111. The monoisotopic (exact) mass is 233 g/mol. The molecule has 0 aromatic carbocycles. The third-order valence-corrected chi connectivity index (χ3v) is 2.01. The maximum absolute atomic E-state index is 11.7. The summed E-state index contributed by atoms with van der Waals surface area (Å²) in [6, 6.07) is 3.50. The van der Waals surface area contributed by atoms with E-state index in [1.807, 2.05) is 0 Å². The minimum Gasteiger partial charge on any atom is -0.459 e. The van der Waals surface area contributed by atoms with Crippen molar-refractivity contribution in [1.82, 2.24) is 4.98 Å². The number of carbonyl (C=O) groups excluding carboxylic acids is 2. The van der Waals surface area contributed by atoms with E-state index < -0.39 is 5.97 Å². The molecule has 0 bridgehead atoms. The van der Waals surface area contributed by atoms with Gasteiger partial charge in [0.2, 0.25) is 0 Å². The van der Waals surface area contributed by atoms with E-state index >= 15 is 0 Å². The summed E-state index contributed by atoms with van der Waals surface area (Å²) in [7, 11) is 0. The molecule has 0 radical (unpaired) electrons. The second-order valence-electron chi connectivity index (χ2n) is 3.89. The Balaban J connectivity index is 2.59. The number of hydrogen-bond donors (Lipinski definition) is 0. The predicted molar refractivity (Wildman–Crippen MR) is 63.3 cm³/mol. The zero-order chi connectivity index (χ0) is 12.8. The zero-order valence-corrected chi connectivity index (χ0v) is 9.97. The van der Waals surface area contributed by atoms with Gasteiger partial charge in [0.15, 0.2) is 5.78 Å². The molecule has 1 rings (SSSR count). The van der Waals surface area contributed by atoms with Crippen LogP contribution in [0.2, 0.25) is 0 Å². The van der Waals surface area contributed by atoms with Gasteiger partial charge >= 0.3 is 5.97 Å². The number of ketones is 1. The van der Waals surface area contributed by atoms with Gasteiger partial charge in [-0.25, -0.2) is 4.79 Å². The lowest BCUT2D eigenvalue weighted by Crippen LogP contribution is -2.19. The molecular weight excluding hydrogens is 218 g/mol. The molecule has 0 spiro atoms. The molecule has 0 fully saturated rings. The van der Waals surface area contributed by atoms with Gasteiger partial charge in [-0.1, -0.05) is 12.6 Å². The Morgan fingerprint density at radius 3 is 2.71 bits per heavy atom. The van der Waals surface area contributed by atoms with Crippen molar-refractivity contribution in [3.05, 3.63) is 42.2 Å². The quantitative estimate of drug-likeness (QED) is 0.336. The third-order valence-electron chi connectivity index (χ3n) is 2.01. The fraction of sp³-hybridized carbons (Fsp3) is 0.308. The van der Waals surface area contributed by atoms with Gasteiger partial charge in [0, 0.05) is 18.8 Å². The van der Waals surface area contributed by atoms with Crippen LogP contribution in [-0.2, 0) is 20.7 Å². The molecule has 0 atom stereocenters. The van der Waals surface area contributed by atoms with Crippen LogP contribution in [-0.4, -0.2) is 22.8 Å². The van der Waals surface area contributed by atoms with Crippen LogP contribution in [0.4, 0.5) is 0 Å². The van der Waals surface area contributed by atoms with Gasteiger partial charge in [-0.3, -0.25) is 9.78 Å². The van der Waals surface area contributed by atoms with E-state index in [2.05, 4.69) is 11.6 Å². The van der Waals surface area contributed by atoms with E-state index in [1.165, 1.54) is 0 Å². The lowest BCUT2D eigenvalue weighted by molar-refractivity contribution is -0.143. The van der Waals surface area contributed by atoms with Crippen molar-refractivity contribution in [3.63, 3.8) is 0 Å². The van der Waals surface area contributed by atoms with Crippen LogP contribution in [0.25, 0.3) is 0 Å². The van der Waals surface area contributed by atoms with Gasteiger partial charge in [0.1, 0.15) is 0 Å². The summed E-state index contributed by atoms with van der Waals surface area (Å²) in [5, 5.41) is 0. The molecule has 1 aromatic rings. The van der Waals surface area contributed by atoms with E-state index in [4.69, 9.17) is 4.74 Å². The van der Waals surface area contributed by atoms with Crippen molar-refractivity contribution < 1.29 is 14.3 Å². The van der Waals surface area contributed by atoms with Gasteiger partial charge in [-0.05, 0) is 25.5 Å². The summed E-state index contributed by atoms with van der Waals surface area (Å²) in [5.41, 5.74) is 0.624. The van der Waals surface area contributed by atoms with Gasteiger partial charge in [0.25, 0.3) is 0 Å². The van der Waals surface area contributed by atoms with Crippen molar-refractivity contribution in [3.8, 4) is 0 Å². The Morgan fingerprint density at radius 1 is 1.47 bits per heavy atom. The third kappa shape index (κ3) is 4.18. The van der Waals surface area contributed by atoms with E-state index in [1.54, 1.807) is 38.4 Å². The Morgan fingerprint density at radius 2 is 2.18 bits per heavy atom. The topological polar surface area (TPSA) is 56.3 Å². The maximum Gasteiger partial charge on any atom is 0.341 e. The van der Waals surface area contributed by atoms with Crippen LogP contribution in [0.3, 0.4) is 0 Å². The molecule has 90 valence electrons. The molecule has 0 amide bonds. The first-order valence-corrected chi connectivity index (χ1v) is 5.32. The standard InChI is InChI=1S/C13H15NO3/c1-9(2)17-13(16)10(3)12(15)7-11-5-4-6-14-8-11/h4-6,8-9H,3,7H2,1-2H3. The number of carbonyl (C=O) groups is 2. The molecule has 1 heterocycles. The number of aromatic nitrogens is 1. The minimum atomic E-state index is -0.658. The number of esters is 1. The summed E-state index contributed by atoms with van der Waals surface area (Å²) in [6.07, 6.45) is 3.06. The molecule has 0 aliphatic carbocycles. The fourth-order valence-corrected chi connectivity index (χ4v) is 1.19. The van der Waals surface area contributed by atoms with Crippen molar-refractivity contribution in [2.45, 2.75) is 26.4 Å². The summed E-state index contributed by atoms with van der Waals surface area (Å²) in [4.78, 5) is 27.0. The average Bonchev–Trinajstić information content (AvgIpc) is 2.28. The van der Waals surface area contributed by atoms with E-state index in [0.717, 1.165) is 5.56 Å². The molecule has 4 nitrogen and oxygen atoms in total. The first-order valence-electron chi connectivity index (χ1n) is 5.32. The van der Waals surface area contributed by atoms with Crippen molar-refractivity contribution in [2.75, 3.05) is 0 Å². The van der Waals surface area contributed by atoms with Crippen LogP contribution in [0.1, 0.15) is 19.4 Å². The van der Waals surface area contributed by atoms with Gasteiger partial charge in [-0.15, -0.1) is 0 Å². The van der Waals surface area contributed by atoms with Crippen LogP contribution in [0.5, 0.6) is 0 Å². The van der Waals surface area contributed by atoms with Gasteiger partial charge in [0.05, 0.1) is 11.7 Å². The largest absolute Gasteiger partial charge is 0.459 e. The normalized spacial score (nSPS) is 10.1. The lowest BCUT2D eigenvalue weighted by atomic mass is 10.1. The summed E-state index contributed by atoms with van der Waals surface area (Å²) in [6.45, 7) is 6.90. The zero-order valence-electron chi connectivity index (χ0n) is 9.97. The van der Waals surface area contributed by atoms with Crippen LogP contribution < -0.4 is 0 Å². The second-order valence-corrected chi connectivity index (χ2v) is 3.89. The molecule has 0 aliphatic heterocycles. The van der Waals surface area contributed by atoms with Crippen molar-refractivity contribution in [1.29, 1.82) is 0 Å². The highest BCUT2D eigenvalue weighted by atomic mass is 16.5. The predicted octanol–water partition coefficient (Wildman–Crippen LogP) is 1.70. The summed E-state index contributed by atoms with van der Waals surface area (Å²) < 4.78 is 4.90. The molecule has 0 saturated heterocycles. The maximum atomic E-state index is 11.7. The lowest BCUT2D eigenvalue weighted by Gasteiger charge is -2.08. The SMILES string of the molecule is C=C(C(=O)Cc1cccnc1)C(=O)OC(C)C. The Hall–Kier alpha value is -1.97. The molecule has 1 aromatic heterocycles. The highest BCUT2D eigenvalue weighted by molar-refractivity contribution is 6.17. The van der Waals surface area contributed by atoms with Gasteiger partial charge < -0.3 is 4.74 Å². The molecule has 0 N–H and O–H groups in total. The van der Waals surface area contributed by atoms with Crippen LogP contribution in [0, 0.1) is 0 Å². The molecular formula is C13H15NO3.